The molecule has 0 amide bonds. The Labute approximate surface area is 202 Å². The number of hydrogen-bond donors (Lipinski definition) is 0. The molecule has 1 aromatic heterocycles. The molecule has 0 aliphatic rings. The van der Waals surface area contributed by atoms with Crippen molar-refractivity contribution >= 4 is 33.3 Å². The maximum absolute atomic E-state index is 13.9. The summed E-state index contributed by atoms with van der Waals surface area (Å²) in [6.07, 6.45) is -4.96. The number of halogens is 4. The molecular formula is C27H16ClF3O4. The maximum Gasteiger partial charge on any atom is 0.453 e. The van der Waals surface area contributed by atoms with Crippen molar-refractivity contribution in [1.29, 1.82) is 0 Å². The molecule has 0 bridgehead atoms. The molecule has 8 heteroatoms. The van der Waals surface area contributed by atoms with E-state index in [1.807, 2.05) is 12.1 Å². The molecule has 0 unspecified atom stereocenters. The molecular weight excluding hydrogens is 481 g/mol. The molecule has 0 spiro atoms. The molecule has 0 radical (unpaired) electrons. The van der Waals surface area contributed by atoms with E-state index in [4.69, 9.17) is 25.5 Å². The highest BCUT2D eigenvalue weighted by Gasteiger charge is 2.40. The van der Waals surface area contributed by atoms with Crippen LogP contribution in [0.4, 0.5) is 13.2 Å². The highest BCUT2D eigenvalue weighted by atomic mass is 35.5. The molecule has 0 saturated heterocycles. The van der Waals surface area contributed by atoms with Gasteiger partial charge in [-0.2, -0.15) is 13.2 Å². The van der Waals surface area contributed by atoms with Crippen LogP contribution in [0.1, 0.15) is 11.3 Å². The molecule has 0 saturated carbocycles. The Balaban J connectivity index is 1.53. The van der Waals surface area contributed by atoms with Crippen LogP contribution in [0.15, 0.2) is 94.1 Å². The number of rotatable bonds is 5. The Morgan fingerprint density at radius 1 is 0.829 bits per heavy atom. The lowest BCUT2D eigenvalue weighted by Crippen LogP contribution is -2.15. The van der Waals surface area contributed by atoms with Crippen LogP contribution < -0.4 is 14.9 Å². The van der Waals surface area contributed by atoms with Crippen molar-refractivity contribution in [3.8, 4) is 17.2 Å². The summed E-state index contributed by atoms with van der Waals surface area (Å²) in [7, 11) is 0. The Kier molecular flexibility index (Phi) is 5.86. The van der Waals surface area contributed by atoms with Crippen molar-refractivity contribution in [2.45, 2.75) is 12.8 Å². The molecule has 5 rings (SSSR count). The molecule has 4 aromatic carbocycles. The highest BCUT2D eigenvalue weighted by molar-refractivity contribution is 6.31. The smallest absolute Gasteiger partial charge is 0.453 e. The van der Waals surface area contributed by atoms with E-state index in [-0.39, 0.29) is 29.1 Å². The van der Waals surface area contributed by atoms with E-state index in [0.29, 0.717) is 10.6 Å². The van der Waals surface area contributed by atoms with Crippen molar-refractivity contribution in [3.05, 3.63) is 111 Å². The molecule has 0 fully saturated rings. The summed E-state index contributed by atoms with van der Waals surface area (Å²) in [6.45, 7) is 0.0880. The molecule has 0 aliphatic carbocycles. The van der Waals surface area contributed by atoms with Crippen molar-refractivity contribution < 1.29 is 27.1 Å². The third kappa shape index (κ3) is 4.68. The zero-order chi connectivity index (χ0) is 24.6. The van der Waals surface area contributed by atoms with Gasteiger partial charge in [0.05, 0.1) is 5.39 Å². The predicted molar refractivity (Wildman–Crippen MR) is 127 cm³/mol. The van der Waals surface area contributed by atoms with Gasteiger partial charge in [-0.25, -0.2) is 0 Å². The van der Waals surface area contributed by atoms with Gasteiger partial charge in [-0.3, -0.25) is 4.79 Å². The van der Waals surface area contributed by atoms with Gasteiger partial charge in [0, 0.05) is 16.7 Å². The molecule has 35 heavy (non-hydrogen) atoms. The average Bonchev–Trinajstić information content (AvgIpc) is 2.84. The highest BCUT2D eigenvalue weighted by Crippen LogP contribution is 2.39. The molecule has 4 nitrogen and oxygen atoms in total. The number of alkyl halides is 3. The van der Waals surface area contributed by atoms with E-state index in [1.54, 1.807) is 48.5 Å². The fourth-order valence-corrected chi connectivity index (χ4v) is 3.84. The third-order valence-corrected chi connectivity index (χ3v) is 5.74. The molecule has 1 heterocycles. The lowest BCUT2D eigenvalue weighted by molar-refractivity contribution is -0.154. The van der Waals surface area contributed by atoms with E-state index in [2.05, 4.69) is 0 Å². The number of ether oxygens (including phenoxy) is 2. The maximum atomic E-state index is 13.9. The van der Waals surface area contributed by atoms with Gasteiger partial charge in [0.2, 0.25) is 11.2 Å². The number of hydrogen-bond acceptors (Lipinski definition) is 4. The minimum absolute atomic E-state index is 0.0705. The van der Waals surface area contributed by atoms with Gasteiger partial charge in [0.25, 0.3) is 5.76 Å². The first-order valence-corrected chi connectivity index (χ1v) is 10.9. The summed E-state index contributed by atoms with van der Waals surface area (Å²) in [5.74, 6) is -2.14. The standard InChI is InChI=1S/C27H16ClF3O4/c28-22-8-4-3-7-18(22)15-33-19-11-12-21-23(14-19)35-26(27(29,30)31)25(24(21)32)34-20-10-9-16-5-1-2-6-17(16)13-20/h1-14H,15H2. The van der Waals surface area contributed by atoms with Crippen molar-refractivity contribution in [2.24, 2.45) is 0 Å². The topological polar surface area (TPSA) is 48.7 Å². The first kappa shape index (κ1) is 22.8. The van der Waals surface area contributed by atoms with Crippen molar-refractivity contribution in [1.82, 2.24) is 0 Å². The second-order valence-electron chi connectivity index (χ2n) is 7.74. The number of benzene rings is 4. The van der Waals surface area contributed by atoms with Gasteiger partial charge in [-0.1, -0.05) is 60.1 Å². The van der Waals surface area contributed by atoms with Gasteiger partial charge >= 0.3 is 6.18 Å². The second-order valence-corrected chi connectivity index (χ2v) is 8.14. The minimum Gasteiger partial charge on any atom is -0.489 e. The van der Waals surface area contributed by atoms with E-state index < -0.39 is 23.1 Å². The Morgan fingerprint density at radius 2 is 1.54 bits per heavy atom. The van der Waals surface area contributed by atoms with Gasteiger partial charge < -0.3 is 13.9 Å². The van der Waals surface area contributed by atoms with Crippen LogP contribution in [0.25, 0.3) is 21.7 Å². The van der Waals surface area contributed by atoms with Crippen molar-refractivity contribution in [2.75, 3.05) is 0 Å². The normalized spacial score (nSPS) is 11.7. The summed E-state index contributed by atoms with van der Waals surface area (Å²) < 4.78 is 57.9. The van der Waals surface area contributed by atoms with Crippen LogP contribution >= 0.6 is 11.6 Å². The fraction of sp³-hybridized carbons (Fsp3) is 0.0741. The summed E-state index contributed by atoms with van der Waals surface area (Å²) >= 11 is 6.11. The van der Waals surface area contributed by atoms with Gasteiger partial charge in [-0.15, -0.1) is 0 Å². The average molecular weight is 497 g/mol. The summed E-state index contributed by atoms with van der Waals surface area (Å²) in [6, 6.07) is 23.1. The SMILES string of the molecule is O=c1c(Oc2ccc3ccccc3c2)c(C(F)(F)F)oc2cc(OCc3ccccc3Cl)ccc12. The summed E-state index contributed by atoms with van der Waals surface area (Å²) in [4.78, 5) is 13.1. The summed E-state index contributed by atoms with van der Waals surface area (Å²) in [5.41, 5.74) is -0.514. The zero-order valence-electron chi connectivity index (χ0n) is 17.9. The Morgan fingerprint density at radius 3 is 2.31 bits per heavy atom. The van der Waals surface area contributed by atoms with E-state index in [0.717, 1.165) is 10.8 Å². The van der Waals surface area contributed by atoms with Gasteiger partial charge in [0.1, 0.15) is 23.7 Å². The van der Waals surface area contributed by atoms with Crippen molar-refractivity contribution in [3.63, 3.8) is 0 Å². The van der Waals surface area contributed by atoms with Crippen LogP contribution in [-0.4, -0.2) is 0 Å². The minimum atomic E-state index is -4.96. The van der Waals surface area contributed by atoms with E-state index >= 15 is 0 Å². The first-order chi connectivity index (χ1) is 16.8. The van der Waals surface area contributed by atoms with Crippen LogP contribution in [0.5, 0.6) is 17.2 Å². The van der Waals surface area contributed by atoms with Crippen LogP contribution in [-0.2, 0) is 12.8 Å². The van der Waals surface area contributed by atoms with Gasteiger partial charge in [-0.05, 0) is 41.1 Å². The van der Waals surface area contributed by atoms with Crippen LogP contribution in [0, 0.1) is 0 Å². The van der Waals surface area contributed by atoms with Crippen LogP contribution in [0.2, 0.25) is 5.02 Å². The van der Waals surface area contributed by atoms with Gasteiger partial charge in [0.15, 0.2) is 0 Å². The van der Waals surface area contributed by atoms with Crippen LogP contribution in [0.3, 0.4) is 0 Å². The monoisotopic (exact) mass is 496 g/mol. The quantitative estimate of drug-likeness (QED) is 0.247. The zero-order valence-corrected chi connectivity index (χ0v) is 18.7. The fourth-order valence-electron chi connectivity index (χ4n) is 3.65. The molecule has 5 aromatic rings. The lowest BCUT2D eigenvalue weighted by atomic mass is 10.1. The first-order valence-electron chi connectivity index (χ1n) is 10.5. The largest absolute Gasteiger partial charge is 0.489 e. The lowest BCUT2D eigenvalue weighted by Gasteiger charge is -2.14. The Hall–Kier alpha value is -3.97. The molecule has 176 valence electrons. The van der Waals surface area contributed by atoms with E-state index in [9.17, 15) is 18.0 Å². The second kappa shape index (κ2) is 9.00. The predicted octanol–water partition coefficient (Wildman–Crippen LogP) is 7.99. The third-order valence-electron chi connectivity index (χ3n) is 5.37. The number of fused-ring (bicyclic) bond motifs is 2. The molecule has 0 aliphatic heterocycles. The molecule has 0 atom stereocenters. The summed E-state index contributed by atoms with van der Waals surface area (Å²) in [5, 5.41) is 2.06. The van der Waals surface area contributed by atoms with E-state index in [1.165, 1.54) is 24.3 Å². The molecule has 0 N–H and O–H groups in total. The Bertz CT molecular complexity index is 1610.